The number of unbranched alkanes of at least 4 members (excludes halogenated alkanes) is 2. The van der Waals surface area contributed by atoms with Gasteiger partial charge in [0, 0.05) is 25.6 Å². The van der Waals surface area contributed by atoms with Gasteiger partial charge in [0.2, 0.25) is 15.9 Å². The van der Waals surface area contributed by atoms with Gasteiger partial charge < -0.3 is 5.32 Å². The maximum Gasteiger partial charge on any atom is 0.223 e. The summed E-state index contributed by atoms with van der Waals surface area (Å²) in [5.41, 5.74) is 0. The average Bonchev–Trinajstić information content (AvgIpc) is 2.45. The maximum atomic E-state index is 12.1. The highest BCUT2D eigenvalue weighted by molar-refractivity contribution is 7.89. The average molecular weight is 304 g/mol. The number of amides is 1. The normalized spacial score (nSPS) is 18.1. The number of sulfonamides is 1. The molecule has 0 aromatic rings. The van der Waals surface area contributed by atoms with Gasteiger partial charge in [-0.3, -0.25) is 4.79 Å². The zero-order valence-electron chi connectivity index (χ0n) is 12.7. The fourth-order valence-electron chi connectivity index (χ4n) is 2.38. The van der Waals surface area contributed by atoms with Gasteiger partial charge in [-0.25, -0.2) is 12.7 Å². The van der Waals surface area contributed by atoms with Gasteiger partial charge in [0.15, 0.2) is 0 Å². The van der Waals surface area contributed by atoms with E-state index < -0.39 is 10.0 Å². The molecule has 1 N–H and O–H groups in total. The summed E-state index contributed by atoms with van der Waals surface area (Å²) in [5.74, 6) is 0.296. The van der Waals surface area contributed by atoms with Crippen LogP contribution in [-0.2, 0) is 14.8 Å². The first-order valence-electron chi connectivity index (χ1n) is 7.76. The van der Waals surface area contributed by atoms with E-state index in [1.807, 2.05) is 6.92 Å². The van der Waals surface area contributed by atoms with E-state index >= 15 is 0 Å². The molecule has 1 rings (SSSR count). The van der Waals surface area contributed by atoms with Crippen LogP contribution in [0.4, 0.5) is 0 Å². The predicted molar refractivity (Wildman–Crippen MR) is 80.9 cm³/mol. The Bertz CT molecular complexity index is 387. The van der Waals surface area contributed by atoms with Crippen LogP contribution in [0.2, 0.25) is 0 Å². The van der Waals surface area contributed by atoms with Crippen LogP contribution in [0.3, 0.4) is 0 Å². The molecule has 0 radical (unpaired) electrons. The minimum absolute atomic E-state index is 0.0236. The SMILES string of the molecule is CCCCNC(=O)C1CCN(S(=O)(=O)CCCC)CC1. The Morgan fingerprint density at radius 2 is 1.75 bits per heavy atom. The van der Waals surface area contributed by atoms with Gasteiger partial charge in [-0.2, -0.15) is 0 Å². The van der Waals surface area contributed by atoms with Crippen LogP contribution in [0.15, 0.2) is 0 Å². The molecule has 0 aromatic heterocycles. The standard InChI is InChI=1S/C14H28N2O3S/c1-3-5-9-15-14(17)13-7-10-16(11-8-13)20(18,19)12-6-4-2/h13H,3-12H2,1-2H3,(H,15,17). The van der Waals surface area contributed by atoms with Gasteiger partial charge in [0.25, 0.3) is 0 Å². The molecule has 0 aliphatic carbocycles. The van der Waals surface area contributed by atoms with Crippen LogP contribution in [0.25, 0.3) is 0 Å². The zero-order chi connectivity index (χ0) is 15.0. The first kappa shape index (κ1) is 17.4. The maximum absolute atomic E-state index is 12.1. The number of rotatable bonds is 8. The van der Waals surface area contributed by atoms with Gasteiger partial charge in [-0.1, -0.05) is 26.7 Å². The summed E-state index contributed by atoms with van der Waals surface area (Å²) in [7, 11) is -3.11. The van der Waals surface area contributed by atoms with Crippen molar-refractivity contribution in [2.75, 3.05) is 25.4 Å². The number of nitrogens with zero attached hydrogens (tertiary/aromatic N) is 1. The van der Waals surface area contributed by atoms with Crippen LogP contribution in [0.1, 0.15) is 52.4 Å². The van der Waals surface area contributed by atoms with Crippen LogP contribution >= 0.6 is 0 Å². The lowest BCUT2D eigenvalue weighted by atomic mass is 9.97. The smallest absolute Gasteiger partial charge is 0.223 e. The monoisotopic (exact) mass is 304 g/mol. The highest BCUT2D eigenvalue weighted by Gasteiger charge is 2.30. The zero-order valence-corrected chi connectivity index (χ0v) is 13.5. The molecular weight excluding hydrogens is 276 g/mol. The molecule has 1 heterocycles. The third-order valence-electron chi connectivity index (χ3n) is 3.80. The molecule has 0 atom stereocenters. The Morgan fingerprint density at radius 1 is 1.15 bits per heavy atom. The Kier molecular flexibility index (Phi) is 7.51. The molecule has 6 heteroatoms. The summed E-state index contributed by atoms with van der Waals surface area (Å²) in [6.07, 6.45) is 4.94. The van der Waals surface area contributed by atoms with Gasteiger partial charge in [-0.15, -0.1) is 0 Å². The molecule has 118 valence electrons. The Balaban J connectivity index is 2.37. The lowest BCUT2D eigenvalue weighted by Crippen LogP contribution is -2.43. The van der Waals surface area contributed by atoms with E-state index in [2.05, 4.69) is 12.2 Å². The highest BCUT2D eigenvalue weighted by Crippen LogP contribution is 2.20. The molecule has 0 saturated carbocycles. The summed E-state index contributed by atoms with van der Waals surface area (Å²) >= 11 is 0. The minimum atomic E-state index is -3.11. The molecule has 0 bridgehead atoms. The highest BCUT2D eigenvalue weighted by atomic mass is 32.2. The van der Waals surface area contributed by atoms with Crippen LogP contribution < -0.4 is 5.32 Å². The van der Waals surface area contributed by atoms with E-state index in [1.54, 1.807) is 4.31 Å². The molecule has 5 nitrogen and oxygen atoms in total. The lowest BCUT2D eigenvalue weighted by molar-refractivity contribution is -0.126. The molecule has 0 unspecified atom stereocenters. The Hall–Kier alpha value is -0.620. The van der Waals surface area contributed by atoms with Crippen molar-refractivity contribution in [1.82, 2.24) is 9.62 Å². The molecule has 0 aromatic carbocycles. The Morgan fingerprint density at radius 3 is 2.30 bits per heavy atom. The van der Waals surface area contributed by atoms with Crippen molar-refractivity contribution in [3.63, 3.8) is 0 Å². The quantitative estimate of drug-likeness (QED) is 0.695. The molecule has 1 amide bonds. The van der Waals surface area contributed by atoms with Gasteiger partial charge >= 0.3 is 0 Å². The molecule has 1 fully saturated rings. The van der Waals surface area contributed by atoms with Crippen molar-refractivity contribution in [3.8, 4) is 0 Å². The number of carbonyl (C=O) groups excluding carboxylic acids is 1. The second-order valence-electron chi connectivity index (χ2n) is 5.49. The fraction of sp³-hybridized carbons (Fsp3) is 0.929. The van der Waals surface area contributed by atoms with Crippen molar-refractivity contribution in [1.29, 1.82) is 0 Å². The number of hydrogen-bond acceptors (Lipinski definition) is 3. The number of carbonyl (C=O) groups is 1. The first-order valence-corrected chi connectivity index (χ1v) is 9.37. The van der Waals surface area contributed by atoms with Gasteiger partial charge in [0.1, 0.15) is 0 Å². The molecule has 20 heavy (non-hydrogen) atoms. The van der Waals surface area contributed by atoms with E-state index in [1.165, 1.54) is 0 Å². The summed E-state index contributed by atoms with van der Waals surface area (Å²) in [6, 6.07) is 0. The van der Waals surface area contributed by atoms with E-state index in [0.29, 0.717) is 32.4 Å². The van der Waals surface area contributed by atoms with Crippen molar-refractivity contribution in [3.05, 3.63) is 0 Å². The van der Waals surface area contributed by atoms with Crippen molar-refractivity contribution in [2.45, 2.75) is 52.4 Å². The van der Waals surface area contributed by atoms with Crippen LogP contribution in [0, 0.1) is 5.92 Å². The number of hydrogen-bond donors (Lipinski definition) is 1. The predicted octanol–water partition coefficient (Wildman–Crippen LogP) is 1.74. The summed E-state index contributed by atoms with van der Waals surface area (Å²) in [4.78, 5) is 11.9. The lowest BCUT2D eigenvalue weighted by Gasteiger charge is -2.30. The van der Waals surface area contributed by atoms with Gasteiger partial charge in [-0.05, 0) is 25.7 Å². The molecule has 0 spiro atoms. The topological polar surface area (TPSA) is 66.5 Å². The van der Waals surface area contributed by atoms with Crippen LogP contribution in [0.5, 0.6) is 0 Å². The van der Waals surface area contributed by atoms with Crippen LogP contribution in [-0.4, -0.2) is 44.0 Å². The largest absolute Gasteiger partial charge is 0.356 e. The molecule has 1 saturated heterocycles. The summed E-state index contributed by atoms with van der Waals surface area (Å²) in [5, 5.41) is 2.93. The second kappa shape index (κ2) is 8.62. The van der Waals surface area contributed by atoms with Crippen molar-refractivity contribution < 1.29 is 13.2 Å². The van der Waals surface area contributed by atoms with E-state index in [0.717, 1.165) is 25.8 Å². The third-order valence-corrected chi connectivity index (χ3v) is 5.76. The fourth-order valence-corrected chi connectivity index (χ4v) is 4.06. The second-order valence-corrected chi connectivity index (χ2v) is 7.58. The first-order chi connectivity index (χ1) is 9.51. The van der Waals surface area contributed by atoms with Crippen molar-refractivity contribution >= 4 is 15.9 Å². The molecule has 1 aliphatic rings. The third kappa shape index (κ3) is 5.40. The molecular formula is C14H28N2O3S. The molecule has 1 aliphatic heterocycles. The number of piperidine rings is 1. The van der Waals surface area contributed by atoms with E-state index in [9.17, 15) is 13.2 Å². The Labute approximate surface area is 123 Å². The van der Waals surface area contributed by atoms with Crippen molar-refractivity contribution in [2.24, 2.45) is 5.92 Å². The van der Waals surface area contributed by atoms with E-state index in [-0.39, 0.29) is 17.6 Å². The summed E-state index contributed by atoms with van der Waals surface area (Å²) < 4.78 is 25.7. The van der Waals surface area contributed by atoms with Gasteiger partial charge in [0.05, 0.1) is 5.75 Å². The number of nitrogens with one attached hydrogen (secondary N) is 1. The minimum Gasteiger partial charge on any atom is -0.356 e. The van der Waals surface area contributed by atoms with E-state index in [4.69, 9.17) is 0 Å². The summed E-state index contributed by atoms with van der Waals surface area (Å²) in [6.45, 7) is 5.77.